The standard InChI is InChI=1S/C31H28F5N3O2/c1-30-15-17-16-37-39(21-7-4-19(32)5-8-21)26(17)13-18(30)3-9-22-23(30)10-11-24(31(34,35)36)28(22)29(40)38-20-6-12-27(41-2)25(33)14-20/h4-8,10,12-14,16,22,24,28H,3,9,11,15H2,1-2H3,(H,38,40)/t22?,24-,28-,30+/m1/s1. The molecule has 0 saturated heterocycles. The van der Waals surface area contributed by atoms with Crippen molar-refractivity contribution in [1.29, 1.82) is 0 Å². The number of hydrogen-bond donors (Lipinski definition) is 1. The van der Waals surface area contributed by atoms with E-state index < -0.39 is 41.1 Å². The van der Waals surface area contributed by atoms with E-state index in [9.17, 15) is 26.7 Å². The first kappa shape index (κ1) is 27.2. The Morgan fingerprint density at radius 1 is 1.15 bits per heavy atom. The molecule has 1 unspecified atom stereocenters. The van der Waals surface area contributed by atoms with E-state index in [1.165, 1.54) is 31.4 Å². The number of hydrogen-bond acceptors (Lipinski definition) is 3. The third-order valence-corrected chi connectivity index (χ3v) is 8.88. The second-order valence-electron chi connectivity index (χ2n) is 11.2. The van der Waals surface area contributed by atoms with Crippen molar-refractivity contribution >= 4 is 17.7 Å². The van der Waals surface area contributed by atoms with Crippen molar-refractivity contribution in [3.8, 4) is 11.4 Å². The summed E-state index contributed by atoms with van der Waals surface area (Å²) in [4.78, 5) is 13.5. The van der Waals surface area contributed by atoms with Crippen LogP contribution < -0.4 is 10.1 Å². The number of aromatic nitrogens is 2. The molecule has 3 aliphatic carbocycles. The lowest BCUT2D eigenvalue weighted by atomic mass is 9.54. The summed E-state index contributed by atoms with van der Waals surface area (Å²) < 4.78 is 77.3. The number of halogens is 5. The largest absolute Gasteiger partial charge is 0.494 e. The highest BCUT2D eigenvalue weighted by Crippen LogP contribution is 2.59. The molecule has 1 saturated carbocycles. The fourth-order valence-electron chi connectivity index (χ4n) is 6.90. The van der Waals surface area contributed by atoms with E-state index in [2.05, 4.69) is 10.4 Å². The van der Waals surface area contributed by atoms with Crippen LogP contribution in [0.25, 0.3) is 11.8 Å². The number of nitrogens with one attached hydrogen (secondary N) is 1. The van der Waals surface area contributed by atoms with Gasteiger partial charge in [-0.05, 0) is 79.6 Å². The van der Waals surface area contributed by atoms with Crippen LogP contribution in [0.5, 0.6) is 5.75 Å². The molecule has 3 aromatic rings. The van der Waals surface area contributed by atoms with Crippen molar-refractivity contribution < 1.29 is 31.5 Å². The van der Waals surface area contributed by atoms with Gasteiger partial charge in [-0.2, -0.15) is 18.3 Å². The third-order valence-electron chi connectivity index (χ3n) is 8.88. The highest BCUT2D eigenvalue weighted by molar-refractivity contribution is 5.93. The number of fused-ring (bicyclic) bond motifs is 4. The molecule has 1 N–H and O–H groups in total. The van der Waals surface area contributed by atoms with Gasteiger partial charge in [-0.1, -0.05) is 24.1 Å². The monoisotopic (exact) mass is 569 g/mol. The zero-order valence-electron chi connectivity index (χ0n) is 22.4. The fourth-order valence-corrected chi connectivity index (χ4v) is 6.90. The van der Waals surface area contributed by atoms with Crippen LogP contribution in [0.4, 0.5) is 27.6 Å². The van der Waals surface area contributed by atoms with Crippen molar-refractivity contribution in [2.45, 2.75) is 38.8 Å². The molecule has 4 atom stereocenters. The van der Waals surface area contributed by atoms with Crippen LogP contribution in [0.15, 0.2) is 65.9 Å². The summed E-state index contributed by atoms with van der Waals surface area (Å²) in [5.41, 5.74) is 3.89. The van der Waals surface area contributed by atoms with Crippen molar-refractivity contribution in [3.63, 3.8) is 0 Å². The highest BCUT2D eigenvalue weighted by Gasteiger charge is 2.56. The summed E-state index contributed by atoms with van der Waals surface area (Å²) in [5, 5.41) is 7.07. The van der Waals surface area contributed by atoms with E-state index in [0.29, 0.717) is 24.9 Å². The van der Waals surface area contributed by atoms with E-state index in [1.807, 2.05) is 13.0 Å². The molecule has 2 aromatic carbocycles. The molecule has 6 rings (SSSR count). The van der Waals surface area contributed by atoms with Gasteiger partial charge in [-0.3, -0.25) is 4.79 Å². The van der Waals surface area contributed by atoms with Gasteiger partial charge in [0, 0.05) is 17.2 Å². The molecule has 10 heteroatoms. The molecular formula is C31H28F5N3O2. The normalized spacial score (nSPS) is 25.3. The van der Waals surface area contributed by atoms with E-state index >= 15 is 0 Å². The van der Waals surface area contributed by atoms with E-state index in [-0.39, 0.29) is 23.7 Å². The van der Waals surface area contributed by atoms with Crippen molar-refractivity contribution in [3.05, 3.63) is 88.8 Å². The van der Waals surface area contributed by atoms with Crippen molar-refractivity contribution in [2.24, 2.45) is 23.2 Å². The molecule has 3 aliphatic rings. The molecule has 0 spiro atoms. The lowest BCUT2D eigenvalue weighted by Gasteiger charge is -2.50. The second-order valence-corrected chi connectivity index (χ2v) is 11.2. The van der Waals surface area contributed by atoms with Crippen molar-refractivity contribution in [2.75, 3.05) is 12.4 Å². The Morgan fingerprint density at radius 2 is 1.90 bits per heavy atom. The minimum Gasteiger partial charge on any atom is -0.494 e. The summed E-state index contributed by atoms with van der Waals surface area (Å²) >= 11 is 0. The number of nitrogens with zero attached hydrogens (tertiary/aromatic N) is 2. The van der Waals surface area contributed by atoms with E-state index in [1.54, 1.807) is 29.1 Å². The van der Waals surface area contributed by atoms with Gasteiger partial charge >= 0.3 is 6.18 Å². The van der Waals surface area contributed by atoms with Gasteiger partial charge in [0.05, 0.1) is 36.5 Å². The first-order valence-electron chi connectivity index (χ1n) is 13.4. The van der Waals surface area contributed by atoms with Gasteiger partial charge in [0.1, 0.15) is 5.82 Å². The summed E-state index contributed by atoms with van der Waals surface area (Å²) in [6.45, 7) is 2.02. The number of allylic oxidation sites excluding steroid dienone is 3. The zero-order chi connectivity index (χ0) is 29.1. The minimum atomic E-state index is -4.58. The Morgan fingerprint density at radius 3 is 2.59 bits per heavy atom. The number of benzene rings is 2. The predicted octanol–water partition coefficient (Wildman–Crippen LogP) is 7.28. The topological polar surface area (TPSA) is 56.1 Å². The van der Waals surface area contributed by atoms with Crippen LogP contribution in [-0.4, -0.2) is 29.0 Å². The van der Waals surface area contributed by atoms with Crippen LogP contribution in [0.3, 0.4) is 0 Å². The number of rotatable bonds is 4. The van der Waals surface area contributed by atoms with Gasteiger partial charge in [0.15, 0.2) is 11.6 Å². The number of methoxy groups -OCH3 is 1. The summed E-state index contributed by atoms with van der Waals surface area (Å²) in [6.07, 6.45) is 1.97. The van der Waals surface area contributed by atoms with Crippen LogP contribution >= 0.6 is 0 Å². The van der Waals surface area contributed by atoms with E-state index in [0.717, 1.165) is 28.5 Å². The average Bonchev–Trinajstić information content (AvgIpc) is 3.33. The van der Waals surface area contributed by atoms with Crippen LogP contribution in [0.2, 0.25) is 0 Å². The molecule has 0 aliphatic heterocycles. The molecule has 1 amide bonds. The molecule has 41 heavy (non-hydrogen) atoms. The molecule has 0 radical (unpaired) electrons. The predicted molar refractivity (Wildman–Crippen MR) is 143 cm³/mol. The Labute approximate surface area is 233 Å². The number of amides is 1. The number of alkyl halides is 3. The molecule has 1 aromatic heterocycles. The molecule has 0 bridgehead atoms. The lowest BCUT2D eigenvalue weighted by Crippen LogP contribution is -2.49. The number of carbonyl (C=O) groups excluding carboxylic acids is 1. The fraction of sp³-hybridized carbons (Fsp3) is 0.355. The smallest absolute Gasteiger partial charge is 0.392 e. The second kappa shape index (κ2) is 9.85. The Hall–Kier alpha value is -3.95. The van der Waals surface area contributed by atoms with Gasteiger partial charge < -0.3 is 10.1 Å². The van der Waals surface area contributed by atoms with Gasteiger partial charge in [-0.15, -0.1) is 0 Å². The zero-order valence-corrected chi connectivity index (χ0v) is 22.4. The third kappa shape index (κ3) is 4.63. The molecule has 5 nitrogen and oxygen atoms in total. The summed E-state index contributed by atoms with van der Waals surface area (Å²) in [6, 6.07) is 9.79. The molecule has 1 heterocycles. The van der Waals surface area contributed by atoms with Gasteiger partial charge in [-0.25, -0.2) is 13.5 Å². The molecule has 1 fully saturated rings. The van der Waals surface area contributed by atoms with Gasteiger partial charge in [0.2, 0.25) is 5.91 Å². The van der Waals surface area contributed by atoms with Gasteiger partial charge in [0.25, 0.3) is 0 Å². The number of ether oxygens (including phenoxy) is 1. The average molecular weight is 570 g/mol. The highest BCUT2D eigenvalue weighted by atomic mass is 19.4. The number of carbonyl (C=O) groups is 1. The maximum Gasteiger partial charge on any atom is 0.392 e. The quantitative estimate of drug-likeness (QED) is 0.266. The van der Waals surface area contributed by atoms with Crippen molar-refractivity contribution in [1.82, 2.24) is 9.78 Å². The summed E-state index contributed by atoms with van der Waals surface area (Å²) in [5.74, 6) is -5.72. The lowest BCUT2D eigenvalue weighted by molar-refractivity contribution is -0.196. The molecular weight excluding hydrogens is 541 g/mol. The van der Waals surface area contributed by atoms with Crippen LogP contribution in [0.1, 0.15) is 37.4 Å². The molecule has 214 valence electrons. The minimum absolute atomic E-state index is 0.0296. The Balaban J connectivity index is 1.34. The first-order valence-corrected chi connectivity index (χ1v) is 13.4. The maximum atomic E-state index is 14.3. The maximum absolute atomic E-state index is 14.3. The first-order chi connectivity index (χ1) is 19.5. The van der Waals surface area contributed by atoms with Crippen LogP contribution in [0, 0.1) is 34.8 Å². The van der Waals surface area contributed by atoms with E-state index in [4.69, 9.17) is 4.74 Å². The Kier molecular flexibility index (Phi) is 6.54. The SMILES string of the molecule is COc1ccc(NC(=O)[C@@H]2C3CCC4=Cc5c(cnn5-c5ccc(F)cc5)C[C@]4(C)C3=CC[C@H]2C(F)(F)F)cc1F. The Bertz CT molecular complexity index is 1570. The summed E-state index contributed by atoms with van der Waals surface area (Å²) in [7, 11) is 1.30. The van der Waals surface area contributed by atoms with Crippen LogP contribution in [-0.2, 0) is 11.2 Å². The number of anilines is 1.